The van der Waals surface area contributed by atoms with Crippen molar-refractivity contribution in [3.63, 3.8) is 0 Å². The number of carboxylic acids is 1. The highest BCUT2D eigenvalue weighted by Gasteiger charge is 2.19. The fourth-order valence-corrected chi connectivity index (χ4v) is 1.17. The number of nitrogens with one attached hydrogen (secondary N) is 1. The molecular weight excluding hydrogens is 240 g/mol. The van der Waals surface area contributed by atoms with E-state index < -0.39 is 10.9 Å². The van der Waals surface area contributed by atoms with Crippen molar-refractivity contribution in [3.05, 3.63) is 40.2 Å². The molecule has 0 saturated carbocycles. The average molecular weight is 252 g/mol. The molecule has 0 aromatic carbocycles. The predicted molar refractivity (Wildman–Crippen MR) is 63.2 cm³/mol. The number of H-pyrrole nitrogens is 1. The minimum absolute atomic E-state index is 0.0214. The fraction of sp³-hybridized carbons (Fsp3) is 0.300. The zero-order valence-electron chi connectivity index (χ0n) is 9.61. The van der Waals surface area contributed by atoms with Crippen LogP contribution in [-0.4, -0.2) is 38.1 Å². The molecule has 8 nitrogen and oxygen atoms in total. The molecular formula is C10H12N4O4. The standard InChI is InChI=1S/C6H8N2O2.C4H4N2O2/c1-2-5-3-4-6(7-5)8(9)10;7-4(8)3-1-2-5-6-3/h3-5H,2H2,1H3;1-2H,(H,5,6)(H,7,8). The van der Waals surface area contributed by atoms with Crippen molar-refractivity contribution in [2.45, 2.75) is 19.4 Å². The van der Waals surface area contributed by atoms with Gasteiger partial charge in [-0.15, -0.1) is 0 Å². The molecule has 1 aromatic heterocycles. The van der Waals surface area contributed by atoms with Gasteiger partial charge in [0.05, 0.1) is 0 Å². The van der Waals surface area contributed by atoms with Crippen LogP contribution in [-0.2, 0) is 0 Å². The quantitative estimate of drug-likeness (QED) is 0.603. The van der Waals surface area contributed by atoms with E-state index in [2.05, 4.69) is 15.2 Å². The zero-order chi connectivity index (χ0) is 13.5. The molecule has 8 heteroatoms. The van der Waals surface area contributed by atoms with Crippen molar-refractivity contribution < 1.29 is 14.8 Å². The van der Waals surface area contributed by atoms with Crippen LogP contribution in [0.5, 0.6) is 0 Å². The first kappa shape index (κ1) is 13.6. The van der Waals surface area contributed by atoms with E-state index in [1.165, 1.54) is 18.3 Å². The molecule has 0 saturated heterocycles. The van der Waals surface area contributed by atoms with Crippen LogP contribution in [0.3, 0.4) is 0 Å². The molecule has 0 bridgehead atoms. The number of hydrogen-bond acceptors (Lipinski definition) is 5. The number of aromatic carboxylic acids is 1. The molecule has 0 radical (unpaired) electrons. The molecule has 96 valence electrons. The van der Waals surface area contributed by atoms with Crippen molar-refractivity contribution in [1.29, 1.82) is 0 Å². The molecule has 1 unspecified atom stereocenters. The Morgan fingerprint density at radius 3 is 2.67 bits per heavy atom. The molecule has 1 atom stereocenters. The van der Waals surface area contributed by atoms with Gasteiger partial charge in [-0.05, 0) is 23.5 Å². The number of amidine groups is 1. The van der Waals surface area contributed by atoms with Gasteiger partial charge in [0.2, 0.25) is 0 Å². The monoisotopic (exact) mass is 252 g/mol. The number of aliphatic imine (C=N–C) groups is 1. The molecule has 1 aliphatic heterocycles. The average Bonchev–Trinajstić information content (AvgIpc) is 3.01. The Balaban J connectivity index is 0.000000184. The van der Waals surface area contributed by atoms with Crippen LogP contribution in [0.4, 0.5) is 0 Å². The SMILES string of the molecule is CCC1C=CC([N+](=O)[O-])=N1.O=C(O)c1cc[nH]n1. The highest BCUT2D eigenvalue weighted by molar-refractivity contribution is 5.88. The molecule has 2 rings (SSSR count). The molecule has 2 heterocycles. The van der Waals surface area contributed by atoms with Gasteiger partial charge in [-0.25, -0.2) is 4.79 Å². The van der Waals surface area contributed by atoms with Crippen molar-refractivity contribution in [2.24, 2.45) is 4.99 Å². The predicted octanol–water partition coefficient (Wildman–Crippen LogP) is 1.12. The van der Waals surface area contributed by atoms with Crippen molar-refractivity contribution in [3.8, 4) is 0 Å². The lowest BCUT2D eigenvalue weighted by molar-refractivity contribution is -0.348. The molecule has 2 N–H and O–H groups in total. The van der Waals surface area contributed by atoms with Gasteiger partial charge < -0.3 is 15.2 Å². The van der Waals surface area contributed by atoms with E-state index in [1.807, 2.05) is 6.92 Å². The normalized spacial score (nSPS) is 16.7. The second-order valence-corrected chi connectivity index (χ2v) is 3.34. The Morgan fingerprint density at radius 2 is 2.39 bits per heavy atom. The summed E-state index contributed by atoms with van der Waals surface area (Å²) in [6, 6.07) is 1.42. The van der Waals surface area contributed by atoms with Gasteiger partial charge in [-0.3, -0.25) is 5.10 Å². The second kappa shape index (κ2) is 6.28. The summed E-state index contributed by atoms with van der Waals surface area (Å²) < 4.78 is 0. The van der Waals surface area contributed by atoms with Crippen molar-refractivity contribution in [1.82, 2.24) is 10.2 Å². The summed E-state index contributed by atoms with van der Waals surface area (Å²) in [6.45, 7) is 1.95. The summed E-state index contributed by atoms with van der Waals surface area (Å²) in [4.78, 5) is 23.4. The maximum absolute atomic E-state index is 10.1. The summed E-state index contributed by atoms with van der Waals surface area (Å²) in [6.07, 6.45) is 5.49. The Hall–Kier alpha value is -2.51. The summed E-state index contributed by atoms with van der Waals surface area (Å²) in [5.41, 5.74) is 0.0463. The lowest BCUT2D eigenvalue weighted by Gasteiger charge is -1.88. The Labute approximate surface area is 102 Å². The van der Waals surface area contributed by atoms with Crippen LogP contribution in [0.1, 0.15) is 23.8 Å². The third-order valence-electron chi connectivity index (χ3n) is 2.09. The number of aromatic nitrogens is 2. The molecule has 1 aromatic rings. The van der Waals surface area contributed by atoms with Crippen molar-refractivity contribution in [2.75, 3.05) is 0 Å². The van der Waals surface area contributed by atoms with Gasteiger partial charge in [0, 0.05) is 12.3 Å². The largest absolute Gasteiger partial charge is 0.476 e. The number of nitrogens with zero attached hydrogens (tertiary/aromatic N) is 3. The van der Waals surface area contributed by atoms with Crippen LogP contribution in [0, 0.1) is 10.1 Å². The first-order chi connectivity index (χ1) is 8.54. The molecule has 0 fully saturated rings. The molecule has 0 amide bonds. The van der Waals surface area contributed by atoms with E-state index >= 15 is 0 Å². The molecule has 0 aliphatic carbocycles. The van der Waals surface area contributed by atoms with Gasteiger partial charge in [-0.2, -0.15) is 5.10 Å². The molecule has 18 heavy (non-hydrogen) atoms. The Bertz CT molecular complexity index is 478. The second-order valence-electron chi connectivity index (χ2n) is 3.34. The highest BCUT2D eigenvalue weighted by atomic mass is 16.6. The third-order valence-corrected chi connectivity index (χ3v) is 2.09. The van der Waals surface area contributed by atoms with E-state index in [9.17, 15) is 14.9 Å². The smallest absolute Gasteiger partial charge is 0.358 e. The summed E-state index contributed by atoms with van der Waals surface area (Å²) >= 11 is 0. The molecule has 1 aliphatic rings. The maximum Gasteiger partial charge on any atom is 0.358 e. The zero-order valence-corrected chi connectivity index (χ0v) is 9.61. The van der Waals surface area contributed by atoms with Gasteiger partial charge in [0.1, 0.15) is 0 Å². The maximum atomic E-state index is 10.1. The van der Waals surface area contributed by atoms with Gasteiger partial charge >= 0.3 is 11.8 Å². The van der Waals surface area contributed by atoms with Crippen molar-refractivity contribution >= 4 is 11.8 Å². The van der Waals surface area contributed by atoms with E-state index in [0.29, 0.717) is 0 Å². The van der Waals surface area contributed by atoms with Gasteiger partial charge in [-0.1, -0.05) is 11.9 Å². The Kier molecular flexibility index (Phi) is 4.73. The van der Waals surface area contributed by atoms with Gasteiger partial charge in [0.15, 0.2) is 11.7 Å². The fourth-order valence-electron chi connectivity index (χ4n) is 1.17. The third kappa shape index (κ3) is 3.81. The number of carbonyl (C=O) groups is 1. The Morgan fingerprint density at radius 1 is 1.67 bits per heavy atom. The van der Waals surface area contributed by atoms with E-state index in [1.54, 1.807) is 6.08 Å². The van der Waals surface area contributed by atoms with Gasteiger partial charge in [0.25, 0.3) is 0 Å². The topological polar surface area (TPSA) is 121 Å². The summed E-state index contributed by atoms with van der Waals surface area (Å²) in [7, 11) is 0. The van der Waals surface area contributed by atoms with E-state index in [0.717, 1.165) is 6.42 Å². The minimum atomic E-state index is -1.01. The number of nitro groups is 1. The molecule has 0 spiro atoms. The van der Waals surface area contributed by atoms with Crippen LogP contribution in [0.2, 0.25) is 0 Å². The summed E-state index contributed by atoms with van der Waals surface area (Å²) in [5.74, 6) is -1.03. The van der Waals surface area contributed by atoms with Crippen LogP contribution in [0.25, 0.3) is 0 Å². The minimum Gasteiger partial charge on any atom is -0.476 e. The van der Waals surface area contributed by atoms with Crippen LogP contribution in [0.15, 0.2) is 29.4 Å². The van der Waals surface area contributed by atoms with Crippen LogP contribution < -0.4 is 0 Å². The number of carboxylic acid groups (broad SMARTS) is 1. The summed E-state index contributed by atoms with van der Waals surface area (Å²) in [5, 5.41) is 24.0. The lowest BCUT2D eigenvalue weighted by atomic mass is 10.2. The lowest BCUT2D eigenvalue weighted by Crippen LogP contribution is -2.06. The number of hydrogen-bond donors (Lipinski definition) is 2. The van der Waals surface area contributed by atoms with E-state index in [-0.39, 0.29) is 17.6 Å². The first-order valence-corrected chi connectivity index (χ1v) is 5.18. The van der Waals surface area contributed by atoms with E-state index in [4.69, 9.17) is 5.11 Å². The number of aromatic amines is 1. The number of rotatable bonds is 2. The van der Waals surface area contributed by atoms with Crippen LogP contribution >= 0.6 is 0 Å². The first-order valence-electron chi connectivity index (χ1n) is 5.18. The highest BCUT2D eigenvalue weighted by Crippen LogP contribution is 2.07.